The maximum atomic E-state index is 12.6. The van der Waals surface area contributed by atoms with Crippen LogP contribution in [0.3, 0.4) is 0 Å². The van der Waals surface area contributed by atoms with Gasteiger partial charge in [-0.3, -0.25) is 4.79 Å². The molecule has 0 unspecified atom stereocenters. The summed E-state index contributed by atoms with van der Waals surface area (Å²) in [5.41, 5.74) is 1.74. The van der Waals surface area contributed by atoms with Gasteiger partial charge in [0, 0.05) is 11.8 Å². The molecular weight excluding hydrogens is 388 g/mol. The van der Waals surface area contributed by atoms with Crippen molar-refractivity contribution >= 4 is 43.2 Å². The number of ketones is 1. The summed E-state index contributed by atoms with van der Waals surface area (Å²) >= 11 is 6.45. The van der Waals surface area contributed by atoms with E-state index in [4.69, 9.17) is 0 Å². The molecule has 0 atom stereocenters. The Labute approximate surface area is 131 Å². The zero-order valence-corrected chi connectivity index (χ0v) is 13.2. The predicted molar refractivity (Wildman–Crippen MR) is 82.1 cm³/mol. The van der Waals surface area contributed by atoms with Crippen LogP contribution in [-0.4, -0.2) is 20.5 Å². The van der Waals surface area contributed by atoms with Crippen LogP contribution in [0.5, 0.6) is 5.75 Å². The molecule has 0 spiro atoms. The number of hydrogen-bond acceptors (Lipinski definition) is 3. The van der Waals surface area contributed by atoms with Gasteiger partial charge >= 0.3 is 0 Å². The Bertz CT molecular complexity index is 804. The minimum Gasteiger partial charge on any atom is -0.506 e. The molecule has 0 aliphatic rings. The standard InChI is InChI=1S/C14H8Br2N2O2/c15-10-5-8(6-11(16)14(10)20)13(19)9-7-17-18-4-2-1-3-12(9)18/h1-7,20H. The van der Waals surface area contributed by atoms with Crippen LogP contribution in [0.25, 0.3) is 5.52 Å². The molecule has 2 heterocycles. The van der Waals surface area contributed by atoms with Crippen molar-refractivity contribution in [2.45, 2.75) is 0 Å². The maximum Gasteiger partial charge on any atom is 0.196 e. The quantitative estimate of drug-likeness (QED) is 0.671. The maximum absolute atomic E-state index is 12.6. The van der Waals surface area contributed by atoms with Crippen molar-refractivity contribution in [3.05, 3.63) is 62.8 Å². The van der Waals surface area contributed by atoms with Crippen LogP contribution >= 0.6 is 31.9 Å². The number of phenols is 1. The number of aromatic nitrogens is 2. The van der Waals surface area contributed by atoms with Crippen molar-refractivity contribution in [3.63, 3.8) is 0 Å². The highest BCUT2D eigenvalue weighted by Gasteiger charge is 2.17. The molecule has 20 heavy (non-hydrogen) atoms. The van der Waals surface area contributed by atoms with E-state index in [0.29, 0.717) is 20.1 Å². The Morgan fingerprint density at radius 2 is 1.90 bits per heavy atom. The molecule has 0 bridgehead atoms. The fourth-order valence-electron chi connectivity index (χ4n) is 1.96. The molecule has 0 amide bonds. The van der Waals surface area contributed by atoms with Crippen molar-refractivity contribution in [3.8, 4) is 5.75 Å². The average Bonchev–Trinajstić information content (AvgIpc) is 2.87. The van der Waals surface area contributed by atoms with E-state index in [1.165, 1.54) is 0 Å². The molecule has 0 fully saturated rings. The van der Waals surface area contributed by atoms with Gasteiger partial charge in [-0.05, 0) is 56.1 Å². The van der Waals surface area contributed by atoms with E-state index in [1.807, 2.05) is 18.2 Å². The van der Waals surface area contributed by atoms with E-state index < -0.39 is 0 Å². The van der Waals surface area contributed by atoms with Gasteiger partial charge in [-0.1, -0.05) is 6.07 Å². The Balaban J connectivity index is 2.13. The molecule has 0 saturated heterocycles. The van der Waals surface area contributed by atoms with Gasteiger partial charge in [0.05, 0.1) is 26.2 Å². The first kappa shape index (κ1) is 13.3. The highest BCUT2D eigenvalue weighted by atomic mass is 79.9. The van der Waals surface area contributed by atoms with E-state index >= 15 is 0 Å². The number of halogens is 2. The van der Waals surface area contributed by atoms with Gasteiger partial charge in [0.1, 0.15) is 5.75 Å². The predicted octanol–water partition coefficient (Wildman–Crippen LogP) is 3.80. The van der Waals surface area contributed by atoms with Crippen molar-refractivity contribution in [1.29, 1.82) is 0 Å². The van der Waals surface area contributed by atoms with Crippen LogP contribution in [0.15, 0.2) is 51.7 Å². The molecule has 3 rings (SSSR count). The number of phenolic OH excluding ortho intramolecular Hbond substituents is 1. The molecular formula is C14H8Br2N2O2. The largest absolute Gasteiger partial charge is 0.506 e. The smallest absolute Gasteiger partial charge is 0.196 e. The fraction of sp³-hybridized carbons (Fsp3) is 0. The average molecular weight is 396 g/mol. The molecule has 4 nitrogen and oxygen atoms in total. The molecule has 3 aromatic rings. The van der Waals surface area contributed by atoms with E-state index in [-0.39, 0.29) is 11.5 Å². The third-order valence-corrected chi connectivity index (χ3v) is 4.16. The van der Waals surface area contributed by atoms with Crippen LogP contribution in [0, 0.1) is 0 Å². The molecule has 2 aromatic heterocycles. The summed E-state index contributed by atoms with van der Waals surface area (Å²) in [4.78, 5) is 12.6. The van der Waals surface area contributed by atoms with Gasteiger partial charge in [0.2, 0.25) is 0 Å². The van der Waals surface area contributed by atoms with Crippen molar-refractivity contribution in [2.75, 3.05) is 0 Å². The molecule has 0 saturated carbocycles. The van der Waals surface area contributed by atoms with Gasteiger partial charge in [-0.2, -0.15) is 5.10 Å². The summed E-state index contributed by atoms with van der Waals surface area (Å²) in [5.74, 6) is -0.0750. The normalized spacial score (nSPS) is 10.9. The zero-order chi connectivity index (χ0) is 14.3. The number of aromatic hydroxyl groups is 1. The van der Waals surface area contributed by atoms with Crippen LogP contribution in [0.2, 0.25) is 0 Å². The third-order valence-electron chi connectivity index (χ3n) is 2.95. The fourth-order valence-corrected chi connectivity index (χ4v) is 3.15. The number of fused-ring (bicyclic) bond motifs is 1. The molecule has 1 aromatic carbocycles. The molecule has 0 aliphatic heterocycles. The highest BCUT2D eigenvalue weighted by Crippen LogP contribution is 2.34. The second kappa shape index (κ2) is 5.03. The van der Waals surface area contributed by atoms with Gasteiger partial charge in [0.15, 0.2) is 5.78 Å². The molecule has 0 radical (unpaired) electrons. The number of nitrogens with zero attached hydrogens (tertiary/aromatic N) is 2. The number of carbonyl (C=O) groups excluding carboxylic acids is 1. The van der Waals surface area contributed by atoms with Crippen molar-refractivity contribution < 1.29 is 9.90 Å². The molecule has 6 heteroatoms. The summed E-state index contributed by atoms with van der Waals surface area (Å²) in [7, 11) is 0. The van der Waals surface area contributed by atoms with Crippen LogP contribution in [-0.2, 0) is 0 Å². The molecule has 100 valence electrons. The summed E-state index contributed by atoms with van der Waals surface area (Å²) in [5, 5.41) is 13.8. The Morgan fingerprint density at radius 1 is 1.20 bits per heavy atom. The monoisotopic (exact) mass is 394 g/mol. The zero-order valence-electron chi connectivity index (χ0n) is 10.0. The van der Waals surface area contributed by atoms with Crippen molar-refractivity contribution in [1.82, 2.24) is 9.61 Å². The molecule has 0 aliphatic carbocycles. The SMILES string of the molecule is O=C(c1cc(Br)c(O)c(Br)c1)c1cnn2ccccc12. The topological polar surface area (TPSA) is 54.6 Å². The van der Waals surface area contributed by atoms with Gasteiger partial charge in [-0.15, -0.1) is 0 Å². The van der Waals surface area contributed by atoms with Gasteiger partial charge in [-0.25, -0.2) is 4.52 Å². The summed E-state index contributed by atoms with van der Waals surface area (Å²) in [6.45, 7) is 0. The van der Waals surface area contributed by atoms with E-state index in [0.717, 1.165) is 5.52 Å². The van der Waals surface area contributed by atoms with Crippen molar-refractivity contribution in [2.24, 2.45) is 0 Å². The van der Waals surface area contributed by atoms with Crippen LogP contribution < -0.4 is 0 Å². The van der Waals surface area contributed by atoms with Gasteiger partial charge < -0.3 is 5.11 Å². The lowest BCUT2D eigenvalue weighted by Gasteiger charge is -2.04. The minimum absolute atomic E-state index is 0.0708. The Hall–Kier alpha value is -1.66. The second-order valence-corrected chi connectivity index (χ2v) is 5.91. The minimum atomic E-state index is -0.146. The number of rotatable bonds is 2. The van der Waals surface area contributed by atoms with Crippen LogP contribution in [0.4, 0.5) is 0 Å². The first-order chi connectivity index (χ1) is 9.58. The van der Waals surface area contributed by atoms with E-state index in [9.17, 15) is 9.90 Å². The highest BCUT2D eigenvalue weighted by molar-refractivity contribution is 9.11. The number of pyridine rings is 1. The third kappa shape index (κ3) is 2.14. The number of carbonyl (C=O) groups is 1. The lowest BCUT2D eigenvalue weighted by Crippen LogP contribution is -2.01. The van der Waals surface area contributed by atoms with Crippen LogP contribution in [0.1, 0.15) is 15.9 Å². The Morgan fingerprint density at radius 3 is 2.60 bits per heavy atom. The van der Waals surface area contributed by atoms with E-state index in [2.05, 4.69) is 37.0 Å². The lowest BCUT2D eigenvalue weighted by molar-refractivity contribution is 0.104. The summed E-state index contributed by atoms with van der Waals surface area (Å²) in [6, 6.07) is 8.73. The number of benzene rings is 1. The molecule has 1 N–H and O–H groups in total. The number of hydrogen-bond donors (Lipinski definition) is 1. The summed E-state index contributed by atoms with van der Waals surface area (Å²) in [6.07, 6.45) is 3.33. The first-order valence-corrected chi connectivity index (χ1v) is 7.31. The Kier molecular flexibility index (Phi) is 3.35. The second-order valence-electron chi connectivity index (χ2n) is 4.21. The van der Waals surface area contributed by atoms with Gasteiger partial charge in [0.25, 0.3) is 0 Å². The lowest BCUT2D eigenvalue weighted by atomic mass is 10.0. The summed E-state index contributed by atoms with van der Waals surface area (Å²) < 4.78 is 2.58. The first-order valence-electron chi connectivity index (χ1n) is 5.73. The van der Waals surface area contributed by atoms with E-state index in [1.54, 1.807) is 29.0 Å².